The molecule has 1 aliphatic heterocycles. The average molecular weight is 435 g/mol. The van der Waals surface area contributed by atoms with Crippen molar-refractivity contribution >= 4 is 17.5 Å². The number of rotatable bonds is 6. The van der Waals surface area contributed by atoms with E-state index in [0.717, 1.165) is 49.4 Å². The summed E-state index contributed by atoms with van der Waals surface area (Å²) in [4.78, 5) is 29.8. The molecule has 3 aromatic rings. The Kier molecular flexibility index (Phi) is 5.20. The summed E-state index contributed by atoms with van der Waals surface area (Å²) < 4.78 is 2.04. The van der Waals surface area contributed by atoms with Gasteiger partial charge in [0.25, 0.3) is 0 Å². The van der Waals surface area contributed by atoms with Crippen molar-refractivity contribution in [2.75, 3.05) is 5.32 Å². The number of hydrogen-bond acceptors (Lipinski definition) is 6. The van der Waals surface area contributed by atoms with E-state index in [1.54, 1.807) is 18.2 Å². The molecule has 5 rings (SSSR count). The summed E-state index contributed by atoms with van der Waals surface area (Å²) in [6.45, 7) is 4.80. The summed E-state index contributed by atoms with van der Waals surface area (Å²) >= 11 is 0. The monoisotopic (exact) mass is 434 g/mol. The fourth-order valence-corrected chi connectivity index (χ4v) is 4.01. The van der Waals surface area contributed by atoms with Crippen LogP contribution in [0.25, 0.3) is 11.4 Å². The molecular weight excluding hydrogens is 408 g/mol. The highest BCUT2D eigenvalue weighted by Crippen LogP contribution is 2.38. The molecule has 10 nitrogen and oxygen atoms in total. The summed E-state index contributed by atoms with van der Waals surface area (Å²) in [6, 6.07) is 6.76. The van der Waals surface area contributed by atoms with Crippen molar-refractivity contribution in [1.82, 2.24) is 35.3 Å². The summed E-state index contributed by atoms with van der Waals surface area (Å²) in [5.74, 6) is 2.19. The Hall–Kier alpha value is -3.56. The van der Waals surface area contributed by atoms with Crippen LogP contribution in [0.5, 0.6) is 0 Å². The Morgan fingerprint density at radius 1 is 1.19 bits per heavy atom. The highest BCUT2D eigenvalue weighted by Gasteiger charge is 2.30. The fraction of sp³-hybridized carbons (Fsp3) is 0.455. The number of H-pyrrole nitrogens is 1. The summed E-state index contributed by atoms with van der Waals surface area (Å²) in [6.07, 6.45) is 4.17. The van der Waals surface area contributed by atoms with Crippen molar-refractivity contribution < 1.29 is 9.59 Å². The molecule has 2 aliphatic rings. The first-order valence-electron chi connectivity index (χ1n) is 11.1. The average Bonchev–Trinajstić information content (AvgIpc) is 3.16. The predicted molar refractivity (Wildman–Crippen MR) is 116 cm³/mol. The van der Waals surface area contributed by atoms with Gasteiger partial charge < -0.3 is 15.2 Å². The maximum absolute atomic E-state index is 12.7. The molecule has 1 fully saturated rings. The van der Waals surface area contributed by atoms with E-state index in [0.29, 0.717) is 23.3 Å². The van der Waals surface area contributed by atoms with Gasteiger partial charge in [0.2, 0.25) is 0 Å². The van der Waals surface area contributed by atoms with Gasteiger partial charge in [-0.3, -0.25) is 14.7 Å². The molecular formula is C22H26N8O2. The summed E-state index contributed by atoms with van der Waals surface area (Å²) in [5.41, 5.74) is 1.27. The van der Waals surface area contributed by atoms with Gasteiger partial charge in [-0.05, 0) is 37.3 Å². The standard InChI is InChI=1S/C22H26N8O2/c1-12(2)17(20-29-26-16-7-4-10-30(16)20)24-22(32)21(31)23-15-6-3-5-14(11-15)19-25-18(27-28-19)13-8-9-13/h3,5-6,11-13,17H,4,7-10H2,1-2H3,(H,23,31)(H,24,32)(H,25,27,28)/t17-/m0/s1. The third-order valence-electron chi connectivity index (χ3n) is 5.92. The molecule has 1 aliphatic carbocycles. The number of nitrogens with zero attached hydrogens (tertiary/aromatic N) is 5. The third-order valence-corrected chi connectivity index (χ3v) is 5.92. The Bertz CT molecular complexity index is 1160. The first kappa shape index (κ1) is 20.3. The van der Waals surface area contributed by atoms with Crippen molar-refractivity contribution in [1.29, 1.82) is 0 Å². The van der Waals surface area contributed by atoms with Crippen LogP contribution in [-0.2, 0) is 22.6 Å². The predicted octanol–water partition coefficient (Wildman–Crippen LogP) is 2.34. The number of anilines is 1. The van der Waals surface area contributed by atoms with Gasteiger partial charge >= 0.3 is 11.8 Å². The minimum atomic E-state index is -0.734. The number of benzene rings is 1. The van der Waals surface area contributed by atoms with Crippen LogP contribution in [0, 0.1) is 5.92 Å². The van der Waals surface area contributed by atoms with Crippen LogP contribution in [0.4, 0.5) is 5.69 Å². The van der Waals surface area contributed by atoms with Crippen LogP contribution in [0.15, 0.2) is 24.3 Å². The van der Waals surface area contributed by atoms with Gasteiger partial charge in [-0.1, -0.05) is 26.0 Å². The first-order valence-corrected chi connectivity index (χ1v) is 11.1. The van der Waals surface area contributed by atoms with E-state index in [4.69, 9.17) is 0 Å². The Morgan fingerprint density at radius 2 is 2.03 bits per heavy atom. The molecule has 2 aromatic heterocycles. The van der Waals surface area contributed by atoms with E-state index in [2.05, 4.69) is 36.0 Å². The topological polar surface area (TPSA) is 130 Å². The van der Waals surface area contributed by atoms with Crippen LogP contribution >= 0.6 is 0 Å². The quantitative estimate of drug-likeness (QED) is 0.511. The van der Waals surface area contributed by atoms with Crippen LogP contribution in [0.1, 0.15) is 62.5 Å². The molecule has 0 spiro atoms. The zero-order chi connectivity index (χ0) is 22.2. The number of amides is 2. The second kappa shape index (κ2) is 8.18. The van der Waals surface area contributed by atoms with E-state index in [1.807, 2.05) is 24.5 Å². The zero-order valence-electron chi connectivity index (χ0n) is 18.1. The molecule has 2 amide bonds. The van der Waals surface area contributed by atoms with Crippen molar-refractivity contribution in [2.45, 2.75) is 58.0 Å². The Labute approximate surface area is 185 Å². The van der Waals surface area contributed by atoms with E-state index in [9.17, 15) is 9.59 Å². The lowest BCUT2D eigenvalue weighted by atomic mass is 10.0. The van der Waals surface area contributed by atoms with Crippen molar-refractivity contribution in [3.8, 4) is 11.4 Å². The highest BCUT2D eigenvalue weighted by atomic mass is 16.2. The molecule has 10 heteroatoms. The molecule has 3 heterocycles. The number of nitrogens with one attached hydrogen (secondary N) is 3. The van der Waals surface area contributed by atoms with E-state index in [-0.39, 0.29) is 5.92 Å². The minimum absolute atomic E-state index is 0.0513. The number of aromatic amines is 1. The molecule has 1 saturated carbocycles. The maximum Gasteiger partial charge on any atom is 0.313 e. The first-order chi connectivity index (χ1) is 15.5. The number of carbonyl (C=O) groups excluding carboxylic acids is 2. The van der Waals surface area contributed by atoms with Gasteiger partial charge in [0.1, 0.15) is 11.6 Å². The fourth-order valence-electron chi connectivity index (χ4n) is 4.01. The zero-order valence-corrected chi connectivity index (χ0v) is 18.1. The van der Waals surface area contributed by atoms with Crippen LogP contribution in [-0.4, -0.2) is 41.8 Å². The lowest BCUT2D eigenvalue weighted by molar-refractivity contribution is -0.136. The van der Waals surface area contributed by atoms with Crippen LogP contribution in [0.3, 0.4) is 0 Å². The van der Waals surface area contributed by atoms with Gasteiger partial charge in [0.05, 0.1) is 6.04 Å². The van der Waals surface area contributed by atoms with E-state index < -0.39 is 17.9 Å². The molecule has 0 saturated heterocycles. The molecule has 0 bridgehead atoms. The molecule has 166 valence electrons. The molecule has 1 atom stereocenters. The van der Waals surface area contributed by atoms with Gasteiger partial charge in [0.15, 0.2) is 11.6 Å². The maximum atomic E-state index is 12.7. The van der Waals surface area contributed by atoms with Gasteiger partial charge in [-0.15, -0.1) is 10.2 Å². The highest BCUT2D eigenvalue weighted by molar-refractivity contribution is 6.39. The van der Waals surface area contributed by atoms with Crippen molar-refractivity contribution in [2.24, 2.45) is 5.92 Å². The van der Waals surface area contributed by atoms with E-state index in [1.165, 1.54) is 0 Å². The minimum Gasteiger partial charge on any atom is -0.338 e. The Morgan fingerprint density at radius 3 is 2.81 bits per heavy atom. The van der Waals surface area contributed by atoms with Crippen LogP contribution in [0.2, 0.25) is 0 Å². The lowest BCUT2D eigenvalue weighted by Crippen LogP contribution is -2.40. The van der Waals surface area contributed by atoms with E-state index >= 15 is 0 Å². The lowest BCUT2D eigenvalue weighted by Gasteiger charge is -2.21. The number of aromatic nitrogens is 6. The van der Waals surface area contributed by atoms with Gasteiger partial charge in [-0.2, -0.15) is 5.10 Å². The van der Waals surface area contributed by atoms with Gasteiger partial charge in [-0.25, -0.2) is 4.98 Å². The number of carbonyl (C=O) groups is 2. The molecule has 3 N–H and O–H groups in total. The molecule has 1 aromatic carbocycles. The normalized spacial score (nSPS) is 16.1. The summed E-state index contributed by atoms with van der Waals surface area (Å²) in [7, 11) is 0. The SMILES string of the molecule is CC(C)[C@H](NC(=O)C(=O)Nc1cccc(-c2n[nH]c(C3CC3)n2)c1)c1nnc2n1CCC2. The van der Waals surface area contributed by atoms with Crippen molar-refractivity contribution in [3.63, 3.8) is 0 Å². The largest absolute Gasteiger partial charge is 0.338 e. The second-order valence-electron chi connectivity index (χ2n) is 8.78. The van der Waals surface area contributed by atoms with Crippen LogP contribution < -0.4 is 10.6 Å². The number of fused-ring (bicyclic) bond motifs is 1. The number of aryl methyl sites for hydroxylation is 1. The Balaban J connectivity index is 1.27. The molecule has 0 radical (unpaired) electrons. The van der Waals surface area contributed by atoms with Gasteiger partial charge in [0, 0.05) is 30.1 Å². The smallest absolute Gasteiger partial charge is 0.313 e. The number of hydrogen-bond donors (Lipinski definition) is 3. The van der Waals surface area contributed by atoms with Crippen molar-refractivity contribution in [3.05, 3.63) is 41.7 Å². The molecule has 32 heavy (non-hydrogen) atoms. The summed E-state index contributed by atoms with van der Waals surface area (Å²) in [5, 5.41) is 21.3. The molecule has 0 unspecified atom stereocenters. The second-order valence-corrected chi connectivity index (χ2v) is 8.78. The third kappa shape index (κ3) is 4.00.